The summed E-state index contributed by atoms with van der Waals surface area (Å²) in [5.74, 6) is -0.957. The third-order valence-electron chi connectivity index (χ3n) is 4.22. The van der Waals surface area contributed by atoms with Crippen LogP contribution in [0.2, 0.25) is 10.0 Å². The zero-order valence-electron chi connectivity index (χ0n) is 13.7. The lowest BCUT2D eigenvalue weighted by molar-refractivity contribution is -0.122. The Morgan fingerprint density at radius 1 is 0.920 bits per heavy atom. The Hall–Kier alpha value is -2.04. The Morgan fingerprint density at radius 3 is 1.96 bits per heavy atom. The predicted octanol–water partition coefficient (Wildman–Crippen LogP) is 4.77. The lowest BCUT2D eigenvalue weighted by atomic mass is 10.1. The number of benzene rings is 2. The standard InChI is InChI=1S/C19H18Cl2N2O2/c1-2-11-3-5-14(6-4-11)22-18(24)16-10-17(16)19(25)23-15-8-12(20)7-13(21)9-15/h3-9,16-17H,2,10H2,1H3,(H,22,24)(H,23,25). The average molecular weight is 377 g/mol. The summed E-state index contributed by atoms with van der Waals surface area (Å²) in [5, 5.41) is 6.52. The highest BCUT2D eigenvalue weighted by molar-refractivity contribution is 6.35. The van der Waals surface area contributed by atoms with Crippen LogP contribution in [-0.2, 0) is 16.0 Å². The van der Waals surface area contributed by atoms with Gasteiger partial charge in [-0.1, -0.05) is 42.3 Å². The summed E-state index contributed by atoms with van der Waals surface area (Å²) in [6.45, 7) is 2.08. The molecule has 3 rings (SSSR count). The number of amides is 2. The van der Waals surface area contributed by atoms with E-state index in [4.69, 9.17) is 23.2 Å². The van der Waals surface area contributed by atoms with Crippen molar-refractivity contribution < 1.29 is 9.59 Å². The molecule has 0 aliphatic heterocycles. The van der Waals surface area contributed by atoms with Gasteiger partial charge in [0.25, 0.3) is 0 Å². The molecule has 2 unspecified atom stereocenters. The van der Waals surface area contributed by atoms with Gasteiger partial charge >= 0.3 is 0 Å². The largest absolute Gasteiger partial charge is 0.326 e. The van der Waals surface area contributed by atoms with Crippen molar-refractivity contribution in [2.24, 2.45) is 11.8 Å². The van der Waals surface area contributed by atoms with E-state index in [9.17, 15) is 9.59 Å². The zero-order valence-corrected chi connectivity index (χ0v) is 15.2. The molecule has 1 aliphatic rings. The molecule has 2 atom stereocenters. The number of carbonyl (C=O) groups excluding carboxylic acids is 2. The number of anilines is 2. The molecule has 2 N–H and O–H groups in total. The van der Waals surface area contributed by atoms with E-state index in [0.717, 1.165) is 12.1 Å². The van der Waals surface area contributed by atoms with Crippen LogP contribution < -0.4 is 10.6 Å². The molecule has 0 heterocycles. The van der Waals surface area contributed by atoms with Gasteiger partial charge in [-0.25, -0.2) is 0 Å². The Bertz CT molecular complexity index is 785. The third kappa shape index (κ3) is 4.53. The van der Waals surface area contributed by atoms with Crippen LogP contribution in [0.25, 0.3) is 0 Å². The van der Waals surface area contributed by atoms with Gasteiger partial charge in [-0.15, -0.1) is 0 Å². The molecule has 2 aromatic rings. The van der Waals surface area contributed by atoms with Crippen molar-refractivity contribution in [3.63, 3.8) is 0 Å². The van der Waals surface area contributed by atoms with Crippen molar-refractivity contribution in [1.29, 1.82) is 0 Å². The Kier molecular flexibility index (Phi) is 5.30. The molecule has 4 nitrogen and oxygen atoms in total. The first kappa shape index (κ1) is 17.8. The summed E-state index contributed by atoms with van der Waals surface area (Å²) in [6.07, 6.45) is 1.49. The van der Waals surface area contributed by atoms with E-state index < -0.39 is 0 Å². The van der Waals surface area contributed by atoms with E-state index in [-0.39, 0.29) is 23.7 Å². The summed E-state index contributed by atoms with van der Waals surface area (Å²) in [4.78, 5) is 24.5. The molecule has 1 saturated carbocycles. The van der Waals surface area contributed by atoms with Crippen molar-refractivity contribution in [2.45, 2.75) is 19.8 Å². The van der Waals surface area contributed by atoms with Crippen LogP contribution in [0, 0.1) is 11.8 Å². The molecular weight excluding hydrogens is 359 g/mol. The van der Waals surface area contributed by atoms with Gasteiger partial charge in [0.15, 0.2) is 0 Å². The van der Waals surface area contributed by atoms with Gasteiger partial charge in [0.2, 0.25) is 11.8 Å². The maximum Gasteiger partial charge on any atom is 0.228 e. The molecule has 2 amide bonds. The Morgan fingerprint density at radius 2 is 1.44 bits per heavy atom. The van der Waals surface area contributed by atoms with E-state index >= 15 is 0 Å². The van der Waals surface area contributed by atoms with Crippen molar-refractivity contribution in [3.05, 3.63) is 58.1 Å². The fourth-order valence-corrected chi connectivity index (χ4v) is 3.22. The minimum absolute atomic E-state index is 0.131. The smallest absolute Gasteiger partial charge is 0.228 e. The predicted molar refractivity (Wildman–Crippen MR) is 101 cm³/mol. The Balaban J connectivity index is 1.55. The van der Waals surface area contributed by atoms with E-state index in [1.54, 1.807) is 18.2 Å². The molecule has 1 fully saturated rings. The van der Waals surface area contributed by atoms with Crippen molar-refractivity contribution in [2.75, 3.05) is 10.6 Å². The topological polar surface area (TPSA) is 58.2 Å². The van der Waals surface area contributed by atoms with Crippen molar-refractivity contribution in [1.82, 2.24) is 0 Å². The first-order valence-corrected chi connectivity index (χ1v) is 8.88. The number of hydrogen-bond acceptors (Lipinski definition) is 2. The molecule has 0 saturated heterocycles. The normalized spacial score (nSPS) is 18.5. The molecule has 2 aromatic carbocycles. The highest BCUT2D eigenvalue weighted by atomic mass is 35.5. The van der Waals surface area contributed by atoms with Crippen LogP contribution in [0.3, 0.4) is 0 Å². The summed E-state index contributed by atoms with van der Waals surface area (Å²) < 4.78 is 0. The molecule has 0 radical (unpaired) electrons. The van der Waals surface area contributed by atoms with Crippen LogP contribution in [0.5, 0.6) is 0 Å². The van der Waals surface area contributed by atoms with Crippen molar-refractivity contribution in [3.8, 4) is 0 Å². The minimum atomic E-state index is -0.326. The summed E-state index contributed by atoms with van der Waals surface area (Å²) in [5.41, 5.74) is 2.49. The Labute approximate surface area is 156 Å². The fourth-order valence-electron chi connectivity index (χ4n) is 2.69. The lowest BCUT2D eigenvalue weighted by Crippen LogP contribution is -2.20. The molecular formula is C19H18Cl2N2O2. The number of aryl methyl sites for hydroxylation is 1. The summed E-state index contributed by atoms with van der Waals surface area (Å²) in [6, 6.07) is 12.6. The van der Waals surface area contributed by atoms with Crippen molar-refractivity contribution >= 4 is 46.4 Å². The van der Waals surface area contributed by atoms with Gasteiger partial charge in [-0.3, -0.25) is 9.59 Å². The van der Waals surface area contributed by atoms with E-state index in [0.29, 0.717) is 22.2 Å². The number of halogens is 2. The van der Waals surface area contributed by atoms with Gasteiger partial charge in [-0.2, -0.15) is 0 Å². The molecule has 0 bridgehead atoms. The molecule has 130 valence electrons. The van der Waals surface area contributed by atoms with Crippen LogP contribution in [0.15, 0.2) is 42.5 Å². The summed E-state index contributed by atoms with van der Waals surface area (Å²) >= 11 is 11.8. The second kappa shape index (κ2) is 7.46. The number of nitrogens with one attached hydrogen (secondary N) is 2. The van der Waals surface area contributed by atoms with Crippen LogP contribution in [-0.4, -0.2) is 11.8 Å². The van der Waals surface area contributed by atoms with E-state index in [1.165, 1.54) is 5.56 Å². The van der Waals surface area contributed by atoms with E-state index in [1.807, 2.05) is 24.3 Å². The van der Waals surface area contributed by atoms with Gasteiger partial charge < -0.3 is 10.6 Å². The van der Waals surface area contributed by atoms with Gasteiger partial charge in [0, 0.05) is 21.4 Å². The maximum atomic E-state index is 12.3. The second-order valence-corrected chi connectivity index (χ2v) is 7.01. The van der Waals surface area contributed by atoms with Gasteiger partial charge in [-0.05, 0) is 48.7 Å². The van der Waals surface area contributed by atoms with Gasteiger partial charge in [0.1, 0.15) is 0 Å². The SMILES string of the molecule is CCc1ccc(NC(=O)C2CC2C(=O)Nc2cc(Cl)cc(Cl)c2)cc1. The van der Waals surface area contributed by atoms with E-state index in [2.05, 4.69) is 17.6 Å². The third-order valence-corrected chi connectivity index (χ3v) is 4.66. The average Bonchev–Trinajstić information content (AvgIpc) is 3.35. The minimum Gasteiger partial charge on any atom is -0.326 e. The molecule has 0 aromatic heterocycles. The van der Waals surface area contributed by atoms with Crippen LogP contribution in [0.1, 0.15) is 18.9 Å². The highest BCUT2D eigenvalue weighted by Gasteiger charge is 2.48. The number of hydrogen-bond donors (Lipinski definition) is 2. The highest BCUT2D eigenvalue weighted by Crippen LogP contribution is 2.40. The van der Waals surface area contributed by atoms with Crippen LogP contribution >= 0.6 is 23.2 Å². The molecule has 0 spiro atoms. The fraction of sp³-hybridized carbons (Fsp3) is 0.263. The summed E-state index contributed by atoms with van der Waals surface area (Å²) in [7, 11) is 0. The monoisotopic (exact) mass is 376 g/mol. The first-order chi connectivity index (χ1) is 12.0. The molecule has 6 heteroatoms. The second-order valence-electron chi connectivity index (χ2n) is 6.14. The first-order valence-electron chi connectivity index (χ1n) is 8.13. The molecule has 1 aliphatic carbocycles. The lowest BCUT2D eigenvalue weighted by Gasteiger charge is -2.07. The van der Waals surface area contributed by atoms with Crippen LogP contribution in [0.4, 0.5) is 11.4 Å². The number of carbonyl (C=O) groups is 2. The van der Waals surface area contributed by atoms with Gasteiger partial charge in [0.05, 0.1) is 11.8 Å². The zero-order chi connectivity index (χ0) is 18.0. The molecule has 25 heavy (non-hydrogen) atoms. The number of rotatable bonds is 5. The maximum absolute atomic E-state index is 12.3. The quantitative estimate of drug-likeness (QED) is 0.789.